The lowest BCUT2D eigenvalue weighted by Crippen LogP contribution is -2.46. The Morgan fingerprint density at radius 3 is 2.52 bits per heavy atom. The van der Waals surface area contributed by atoms with Gasteiger partial charge in [0.2, 0.25) is 0 Å². The van der Waals surface area contributed by atoms with Gasteiger partial charge in [-0.05, 0) is 29.8 Å². The van der Waals surface area contributed by atoms with E-state index < -0.39 is 6.09 Å². The Balaban J connectivity index is 1.59. The van der Waals surface area contributed by atoms with Crippen LogP contribution in [0.4, 0.5) is 10.6 Å². The van der Waals surface area contributed by atoms with Gasteiger partial charge in [0.1, 0.15) is 5.82 Å². The summed E-state index contributed by atoms with van der Waals surface area (Å²) in [5.41, 5.74) is 1.13. The van der Waals surface area contributed by atoms with Crippen LogP contribution < -0.4 is 14.4 Å². The molecule has 1 fully saturated rings. The van der Waals surface area contributed by atoms with Crippen molar-refractivity contribution in [1.29, 1.82) is 0 Å². The average molecular weight is 370 g/mol. The van der Waals surface area contributed by atoms with Crippen LogP contribution in [-0.4, -0.2) is 68.3 Å². The van der Waals surface area contributed by atoms with Crippen LogP contribution >= 0.6 is 0 Å². The number of carbonyl (C=O) groups excluding carboxylic acids is 1. The zero-order chi connectivity index (χ0) is 19.2. The first-order chi connectivity index (χ1) is 13.1. The standard InChI is InChI=1S/C20H26N4O3/c1-22(2)20(25)27-17-8-7-16(14-18(17)26-3)15-23-10-12-24(13-11-23)19-6-4-5-9-21-19/h4-9,14H,10-13,15H2,1-3H3. The van der Waals surface area contributed by atoms with Gasteiger partial charge in [-0.1, -0.05) is 12.1 Å². The summed E-state index contributed by atoms with van der Waals surface area (Å²) in [5, 5.41) is 0. The van der Waals surface area contributed by atoms with Crippen LogP contribution in [0.5, 0.6) is 11.5 Å². The summed E-state index contributed by atoms with van der Waals surface area (Å²) < 4.78 is 10.7. The SMILES string of the molecule is COc1cc(CN2CCN(c3ccccn3)CC2)ccc1OC(=O)N(C)C. The fraction of sp³-hybridized carbons (Fsp3) is 0.400. The molecular formula is C20H26N4O3. The van der Waals surface area contributed by atoms with Crippen molar-refractivity contribution >= 4 is 11.9 Å². The summed E-state index contributed by atoms with van der Waals surface area (Å²) in [6, 6.07) is 11.7. The molecule has 0 bridgehead atoms. The minimum Gasteiger partial charge on any atom is -0.493 e. The Morgan fingerprint density at radius 2 is 1.89 bits per heavy atom. The molecule has 27 heavy (non-hydrogen) atoms. The van der Waals surface area contributed by atoms with E-state index in [0.717, 1.165) is 44.1 Å². The predicted octanol–water partition coefficient (Wildman–Crippen LogP) is 2.47. The summed E-state index contributed by atoms with van der Waals surface area (Å²) in [6.07, 6.45) is 1.41. The maximum absolute atomic E-state index is 11.8. The number of rotatable bonds is 5. The molecule has 0 saturated carbocycles. The average Bonchev–Trinajstić information content (AvgIpc) is 2.70. The molecule has 1 saturated heterocycles. The van der Waals surface area contributed by atoms with E-state index >= 15 is 0 Å². The quantitative estimate of drug-likeness (QED) is 0.806. The van der Waals surface area contributed by atoms with Crippen molar-refractivity contribution in [2.45, 2.75) is 6.54 Å². The molecule has 0 radical (unpaired) electrons. The highest BCUT2D eigenvalue weighted by Crippen LogP contribution is 2.29. The molecule has 7 nitrogen and oxygen atoms in total. The number of nitrogens with zero attached hydrogens (tertiary/aromatic N) is 4. The van der Waals surface area contributed by atoms with Crippen LogP contribution in [0.3, 0.4) is 0 Å². The van der Waals surface area contributed by atoms with E-state index in [2.05, 4.69) is 14.8 Å². The summed E-state index contributed by atoms with van der Waals surface area (Å²) in [7, 11) is 4.87. The number of hydrogen-bond acceptors (Lipinski definition) is 6. The molecule has 0 N–H and O–H groups in total. The molecule has 0 aliphatic carbocycles. The first kappa shape index (κ1) is 19.0. The molecule has 144 valence electrons. The van der Waals surface area contributed by atoms with E-state index in [9.17, 15) is 4.79 Å². The maximum Gasteiger partial charge on any atom is 0.414 e. The van der Waals surface area contributed by atoms with Gasteiger partial charge in [0, 0.05) is 53.0 Å². The second kappa shape index (κ2) is 8.73. The highest BCUT2D eigenvalue weighted by atomic mass is 16.6. The molecule has 0 atom stereocenters. The number of piperazine rings is 1. The van der Waals surface area contributed by atoms with Gasteiger partial charge < -0.3 is 19.3 Å². The smallest absolute Gasteiger partial charge is 0.414 e. The van der Waals surface area contributed by atoms with Crippen LogP contribution in [0.2, 0.25) is 0 Å². The van der Waals surface area contributed by atoms with E-state index in [1.807, 2.05) is 36.5 Å². The molecule has 3 rings (SSSR count). The van der Waals surface area contributed by atoms with Crippen molar-refractivity contribution in [3.8, 4) is 11.5 Å². The molecule has 0 unspecified atom stereocenters. The number of methoxy groups -OCH3 is 1. The lowest BCUT2D eigenvalue weighted by Gasteiger charge is -2.35. The second-order valence-corrected chi connectivity index (χ2v) is 6.70. The number of anilines is 1. The van der Waals surface area contributed by atoms with Gasteiger partial charge in [-0.3, -0.25) is 4.90 Å². The number of pyridine rings is 1. The van der Waals surface area contributed by atoms with Crippen LogP contribution in [0, 0.1) is 0 Å². The maximum atomic E-state index is 11.8. The minimum absolute atomic E-state index is 0.424. The van der Waals surface area contributed by atoms with E-state index in [4.69, 9.17) is 9.47 Å². The molecule has 2 heterocycles. The Kier molecular flexibility index (Phi) is 6.13. The Labute approximate surface area is 160 Å². The number of aromatic nitrogens is 1. The Morgan fingerprint density at radius 1 is 1.11 bits per heavy atom. The molecule has 1 aromatic heterocycles. The monoisotopic (exact) mass is 370 g/mol. The lowest BCUT2D eigenvalue weighted by molar-refractivity contribution is 0.170. The van der Waals surface area contributed by atoms with Crippen LogP contribution in [0.1, 0.15) is 5.56 Å². The summed E-state index contributed by atoms with van der Waals surface area (Å²) in [6.45, 7) is 4.67. The normalized spacial score (nSPS) is 14.7. The lowest BCUT2D eigenvalue weighted by atomic mass is 10.1. The molecular weight excluding hydrogens is 344 g/mol. The van der Waals surface area contributed by atoms with Crippen molar-refractivity contribution in [3.63, 3.8) is 0 Å². The van der Waals surface area contributed by atoms with Gasteiger partial charge >= 0.3 is 6.09 Å². The van der Waals surface area contributed by atoms with Crippen LogP contribution in [0.25, 0.3) is 0 Å². The highest BCUT2D eigenvalue weighted by Gasteiger charge is 2.19. The fourth-order valence-corrected chi connectivity index (χ4v) is 3.01. The molecule has 1 aliphatic rings. The molecule has 1 aromatic carbocycles. The molecule has 0 spiro atoms. The van der Waals surface area contributed by atoms with Gasteiger partial charge in [0.05, 0.1) is 7.11 Å². The predicted molar refractivity (Wildman–Crippen MR) is 104 cm³/mol. The fourth-order valence-electron chi connectivity index (χ4n) is 3.01. The zero-order valence-corrected chi connectivity index (χ0v) is 16.1. The second-order valence-electron chi connectivity index (χ2n) is 6.70. The minimum atomic E-state index is -0.424. The summed E-state index contributed by atoms with van der Waals surface area (Å²) in [4.78, 5) is 22.3. The third-order valence-electron chi connectivity index (χ3n) is 4.54. The number of benzene rings is 1. The van der Waals surface area contributed by atoms with Crippen molar-refractivity contribution in [2.24, 2.45) is 0 Å². The number of ether oxygens (including phenoxy) is 2. The Bertz CT molecular complexity index is 759. The number of hydrogen-bond donors (Lipinski definition) is 0. The number of carbonyl (C=O) groups is 1. The molecule has 7 heteroatoms. The number of amides is 1. The van der Waals surface area contributed by atoms with Gasteiger partial charge in [-0.2, -0.15) is 0 Å². The van der Waals surface area contributed by atoms with Gasteiger partial charge in [-0.25, -0.2) is 9.78 Å². The highest BCUT2D eigenvalue weighted by molar-refractivity contribution is 5.71. The van der Waals surface area contributed by atoms with Crippen molar-refractivity contribution in [1.82, 2.24) is 14.8 Å². The van der Waals surface area contributed by atoms with Crippen molar-refractivity contribution in [2.75, 3.05) is 52.3 Å². The van der Waals surface area contributed by atoms with Crippen LogP contribution in [-0.2, 0) is 6.54 Å². The topological polar surface area (TPSA) is 58.1 Å². The van der Waals surface area contributed by atoms with E-state index in [1.54, 1.807) is 27.3 Å². The van der Waals surface area contributed by atoms with Gasteiger partial charge in [0.15, 0.2) is 11.5 Å². The van der Waals surface area contributed by atoms with Crippen molar-refractivity contribution in [3.05, 3.63) is 48.2 Å². The molecule has 2 aromatic rings. The summed E-state index contributed by atoms with van der Waals surface area (Å²) in [5.74, 6) is 2.03. The van der Waals surface area contributed by atoms with E-state index in [1.165, 1.54) is 4.90 Å². The van der Waals surface area contributed by atoms with Gasteiger partial charge in [-0.15, -0.1) is 0 Å². The third-order valence-corrected chi connectivity index (χ3v) is 4.54. The van der Waals surface area contributed by atoms with E-state index in [-0.39, 0.29) is 0 Å². The van der Waals surface area contributed by atoms with E-state index in [0.29, 0.717) is 11.5 Å². The third kappa shape index (κ3) is 4.89. The Hall–Kier alpha value is -2.80. The largest absolute Gasteiger partial charge is 0.493 e. The summed E-state index contributed by atoms with van der Waals surface area (Å²) >= 11 is 0. The van der Waals surface area contributed by atoms with Crippen LogP contribution in [0.15, 0.2) is 42.6 Å². The zero-order valence-electron chi connectivity index (χ0n) is 16.1. The van der Waals surface area contributed by atoms with Crippen molar-refractivity contribution < 1.29 is 14.3 Å². The molecule has 1 amide bonds. The first-order valence-corrected chi connectivity index (χ1v) is 9.01. The van der Waals surface area contributed by atoms with Gasteiger partial charge in [0.25, 0.3) is 0 Å². The first-order valence-electron chi connectivity index (χ1n) is 9.01. The molecule has 1 aliphatic heterocycles.